The quantitative estimate of drug-likeness (QED) is 0.868. The summed E-state index contributed by atoms with van der Waals surface area (Å²) in [6.07, 6.45) is 2.40. The largest absolute Gasteiger partial charge is 0.456 e. The summed E-state index contributed by atoms with van der Waals surface area (Å²) >= 11 is 0. The standard InChI is InChI=1S/C14H20N2O2/c1-9-7-11-5-6-16(9)8-12(11)15-14(17)13-4-3-10(2)18-13/h3-4,9,11-12H,5-8H2,1-2H3,(H,15,17)/t9?,11?,12-/m0/s1. The number of hydrogen-bond donors (Lipinski definition) is 1. The van der Waals surface area contributed by atoms with Gasteiger partial charge in [0.25, 0.3) is 5.91 Å². The number of amides is 1. The Labute approximate surface area is 107 Å². The number of furan rings is 1. The van der Waals surface area contributed by atoms with E-state index in [1.54, 1.807) is 6.07 Å². The van der Waals surface area contributed by atoms with Crippen molar-refractivity contribution in [3.8, 4) is 0 Å². The van der Waals surface area contributed by atoms with Gasteiger partial charge in [-0.25, -0.2) is 0 Å². The highest BCUT2D eigenvalue weighted by Crippen LogP contribution is 2.32. The minimum Gasteiger partial charge on any atom is -0.456 e. The molecule has 4 atom stereocenters. The van der Waals surface area contributed by atoms with E-state index in [0.29, 0.717) is 17.7 Å². The van der Waals surface area contributed by atoms with Crippen molar-refractivity contribution in [1.82, 2.24) is 10.2 Å². The number of hydrogen-bond acceptors (Lipinski definition) is 3. The molecule has 1 amide bonds. The molecule has 0 aromatic carbocycles. The number of aryl methyl sites for hydroxylation is 1. The van der Waals surface area contributed by atoms with Gasteiger partial charge in [-0.05, 0) is 51.3 Å². The molecule has 3 aliphatic rings. The van der Waals surface area contributed by atoms with Crippen LogP contribution in [0.1, 0.15) is 36.1 Å². The summed E-state index contributed by atoms with van der Waals surface area (Å²) in [5, 5.41) is 3.13. The fourth-order valence-electron chi connectivity index (χ4n) is 3.26. The molecule has 1 aromatic heterocycles. The molecule has 3 saturated heterocycles. The zero-order valence-electron chi connectivity index (χ0n) is 11.0. The molecular weight excluding hydrogens is 228 g/mol. The summed E-state index contributed by atoms with van der Waals surface area (Å²) in [6.45, 7) is 6.29. The van der Waals surface area contributed by atoms with Crippen molar-refractivity contribution in [1.29, 1.82) is 0 Å². The summed E-state index contributed by atoms with van der Waals surface area (Å²) in [4.78, 5) is 14.5. The maximum atomic E-state index is 12.1. The highest BCUT2D eigenvalue weighted by atomic mass is 16.3. The smallest absolute Gasteiger partial charge is 0.287 e. The molecule has 3 fully saturated rings. The van der Waals surface area contributed by atoms with Crippen LogP contribution in [0.25, 0.3) is 0 Å². The van der Waals surface area contributed by atoms with E-state index in [4.69, 9.17) is 4.42 Å². The Morgan fingerprint density at radius 2 is 2.33 bits per heavy atom. The van der Waals surface area contributed by atoms with Crippen LogP contribution < -0.4 is 5.32 Å². The van der Waals surface area contributed by atoms with Crippen molar-refractivity contribution in [3.05, 3.63) is 23.7 Å². The predicted octanol–water partition coefficient (Wildman–Crippen LogP) is 1.80. The summed E-state index contributed by atoms with van der Waals surface area (Å²) in [5.41, 5.74) is 0. The third kappa shape index (κ3) is 2.05. The first kappa shape index (κ1) is 11.8. The molecule has 0 spiro atoms. The van der Waals surface area contributed by atoms with E-state index in [1.165, 1.54) is 19.4 Å². The molecule has 1 N–H and O–H groups in total. The molecule has 4 nitrogen and oxygen atoms in total. The highest BCUT2D eigenvalue weighted by Gasteiger charge is 2.38. The maximum Gasteiger partial charge on any atom is 0.287 e. The molecule has 1 aromatic rings. The second-order valence-electron chi connectivity index (χ2n) is 5.62. The van der Waals surface area contributed by atoms with E-state index in [-0.39, 0.29) is 11.9 Å². The van der Waals surface area contributed by atoms with Gasteiger partial charge in [0.1, 0.15) is 5.76 Å². The topological polar surface area (TPSA) is 45.5 Å². The molecule has 0 saturated carbocycles. The fourth-order valence-corrected chi connectivity index (χ4v) is 3.26. The Hall–Kier alpha value is -1.29. The molecule has 3 unspecified atom stereocenters. The van der Waals surface area contributed by atoms with E-state index < -0.39 is 0 Å². The van der Waals surface area contributed by atoms with Gasteiger partial charge in [0, 0.05) is 18.6 Å². The Morgan fingerprint density at radius 1 is 1.50 bits per heavy atom. The van der Waals surface area contributed by atoms with Crippen molar-refractivity contribution in [2.45, 2.75) is 38.8 Å². The van der Waals surface area contributed by atoms with E-state index in [9.17, 15) is 4.79 Å². The van der Waals surface area contributed by atoms with Crippen LogP contribution in [0.4, 0.5) is 0 Å². The number of rotatable bonds is 2. The van der Waals surface area contributed by atoms with Crippen molar-refractivity contribution in [2.75, 3.05) is 13.1 Å². The van der Waals surface area contributed by atoms with Crippen LogP contribution in [0.15, 0.2) is 16.5 Å². The summed E-state index contributed by atoms with van der Waals surface area (Å²) in [7, 11) is 0. The average molecular weight is 248 g/mol. The van der Waals surface area contributed by atoms with Crippen LogP contribution in [0.3, 0.4) is 0 Å². The number of piperidine rings is 3. The molecule has 4 heterocycles. The highest BCUT2D eigenvalue weighted by molar-refractivity contribution is 5.91. The first-order valence-corrected chi connectivity index (χ1v) is 6.75. The van der Waals surface area contributed by atoms with E-state index in [0.717, 1.165) is 12.3 Å². The van der Waals surface area contributed by atoms with Gasteiger partial charge < -0.3 is 9.73 Å². The molecule has 4 heteroatoms. The van der Waals surface area contributed by atoms with Crippen LogP contribution in [0, 0.1) is 12.8 Å². The Morgan fingerprint density at radius 3 is 2.89 bits per heavy atom. The van der Waals surface area contributed by atoms with Crippen molar-refractivity contribution >= 4 is 5.91 Å². The Kier molecular flexibility index (Phi) is 2.90. The third-order valence-corrected chi connectivity index (χ3v) is 4.34. The first-order valence-electron chi connectivity index (χ1n) is 6.75. The van der Waals surface area contributed by atoms with Crippen LogP contribution in [0.2, 0.25) is 0 Å². The second-order valence-corrected chi connectivity index (χ2v) is 5.62. The van der Waals surface area contributed by atoms with Crippen LogP contribution in [0.5, 0.6) is 0 Å². The monoisotopic (exact) mass is 248 g/mol. The summed E-state index contributed by atoms with van der Waals surface area (Å²) in [5.74, 6) is 1.76. The molecule has 4 rings (SSSR count). The zero-order chi connectivity index (χ0) is 12.7. The number of nitrogens with zero attached hydrogens (tertiary/aromatic N) is 1. The van der Waals surface area contributed by atoms with E-state index in [1.807, 2.05) is 13.0 Å². The van der Waals surface area contributed by atoms with Gasteiger partial charge in [-0.15, -0.1) is 0 Å². The minimum absolute atomic E-state index is 0.0745. The molecule has 0 radical (unpaired) electrons. The lowest BCUT2D eigenvalue weighted by atomic mass is 9.80. The van der Waals surface area contributed by atoms with Crippen molar-refractivity contribution in [2.24, 2.45) is 5.92 Å². The third-order valence-electron chi connectivity index (χ3n) is 4.34. The molecule has 18 heavy (non-hydrogen) atoms. The van der Waals surface area contributed by atoms with Crippen molar-refractivity contribution < 1.29 is 9.21 Å². The molecule has 2 bridgehead atoms. The van der Waals surface area contributed by atoms with Crippen molar-refractivity contribution in [3.63, 3.8) is 0 Å². The lowest BCUT2D eigenvalue weighted by molar-refractivity contribution is 0.0269. The lowest BCUT2D eigenvalue weighted by Gasteiger charge is -2.48. The second kappa shape index (κ2) is 4.43. The molecule has 0 aliphatic carbocycles. The Balaban J connectivity index is 1.65. The van der Waals surface area contributed by atoms with Gasteiger partial charge in [-0.1, -0.05) is 0 Å². The zero-order valence-corrected chi connectivity index (χ0v) is 11.0. The SMILES string of the molecule is Cc1ccc(C(=O)N[C@H]2CN3CCC2CC3C)o1. The van der Waals surface area contributed by atoms with Crippen LogP contribution in [-0.2, 0) is 0 Å². The molecule has 3 aliphatic heterocycles. The predicted molar refractivity (Wildman–Crippen MR) is 68.5 cm³/mol. The maximum absolute atomic E-state index is 12.1. The van der Waals surface area contributed by atoms with Gasteiger partial charge in [-0.2, -0.15) is 0 Å². The lowest BCUT2D eigenvalue weighted by Crippen LogP contribution is -2.60. The van der Waals surface area contributed by atoms with Gasteiger partial charge in [0.2, 0.25) is 0 Å². The number of fused-ring (bicyclic) bond motifs is 3. The minimum atomic E-state index is -0.0745. The number of carbonyl (C=O) groups excluding carboxylic acids is 1. The number of carbonyl (C=O) groups is 1. The van der Waals surface area contributed by atoms with Gasteiger partial charge in [0.05, 0.1) is 0 Å². The van der Waals surface area contributed by atoms with Gasteiger partial charge in [-0.3, -0.25) is 9.69 Å². The van der Waals surface area contributed by atoms with Gasteiger partial charge in [0.15, 0.2) is 5.76 Å². The van der Waals surface area contributed by atoms with E-state index in [2.05, 4.69) is 17.1 Å². The van der Waals surface area contributed by atoms with Crippen LogP contribution in [-0.4, -0.2) is 36.0 Å². The number of nitrogens with one attached hydrogen (secondary N) is 1. The average Bonchev–Trinajstić information content (AvgIpc) is 2.77. The summed E-state index contributed by atoms with van der Waals surface area (Å²) < 4.78 is 5.36. The first-order chi connectivity index (χ1) is 8.63. The van der Waals surface area contributed by atoms with Gasteiger partial charge >= 0.3 is 0 Å². The normalized spacial score (nSPS) is 34.6. The fraction of sp³-hybridized carbons (Fsp3) is 0.643. The Bertz CT molecular complexity index is 454. The van der Waals surface area contributed by atoms with Crippen LogP contribution >= 0.6 is 0 Å². The molecular formula is C14H20N2O2. The van der Waals surface area contributed by atoms with E-state index >= 15 is 0 Å². The summed E-state index contributed by atoms with van der Waals surface area (Å²) in [6, 6.07) is 4.53. The molecule has 98 valence electrons.